The first-order chi connectivity index (χ1) is 17.0. The largest absolute Gasteiger partial charge is 0.493 e. The summed E-state index contributed by atoms with van der Waals surface area (Å²) in [5.74, 6) is 1.54. The molecule has 0 aromatic heterocycles. The number of hydrogen-bond donors (Lipinski definition) is 0. The molecular formula is C28H28N2O5. The lowest BCUT2D eigenvalue weighted by atomic mass is 9.87. The van der Waals surface area contributed by atoms with Gasteiger partial charge in [0.1, 0.15) is 5.75 Å². The average molecular weight is 473 g/mol. The van der Waals surface area contributed by atoms with Crippen molar-refractivity contribution >= 4 is 17.5 Å². The second-order valence-electron chi connectivity index (χ2n) is 8.70. The molecule has 180 valence electrons. The van der Waals surface area contributed by atoms with Crippen LogP contribution in [0.15, 0.2) is 66.7 Å². The summed E-state index contributed by atoms with van der Waals surface area (Å²) >= 11 is 0. The van der Waals surface area contributed by atoms with Crippen LogP contribution in [0, 0.1) is 0 Å². The summed E-state index contributed by atoms with van der Waals surface area (Å²) in [6.07, 6.45) is -0.133. The van der Waals surface area contributed by atoms with Crippen molar-refractivity contribution in [1.29, 1.82) is 0 Å². The molecule has 0 bridgehead atoms. The molecule has 3 aromatic carbocycles. The molecule has 0 spiro atoms. The Morgan fingerprint density at radius 2 is 1.63 bits per heavy atom. The van der Waals surface area contributed by atoms with Crippen LogP contribution in [-0.2, 0) is 16.0 Å². The number of anilines is 1. The molecule has 7 nitrogen and oxygen atoms in total. The van der Waals surface area contributed by atoms with E-state index < -0.39 is 6.10 Å². The minimum atomic E-state index is -0.804. The molecule has 0 N–H and O–H groups in total. The first kappa shape index (κ1) is 22.8. The van der Waals surface area contributed by atoms with E-state index in [1.807, 2.05) is 65.6 Å². The molecule has 0 radical (unpaired) electrons. The number of nitrogens with zero attached hydrogens (tertiary/aromatic N) is 2. The first-order valence-electron chi connectivity index (χ1n) is 11.7. The summed E-state index contributed by atoms with van der Waals surface area (Å²) in [6.45, 7) is 2.19. The molecule has 0 saturated carbocycles. The van der Waals surface area contributed by atoms with Crippen molar-refractivity contribution in [3.8, 4) is 17.2 Å². The highest BCUT2D eigenvalue weighted by atomic mass is 16.5. The van der Waals surface area contributed by atoms with Crippen molar-refractivity contribution in [1.82, 2.24) is 4.90 Å². The third-order valence-electron chi connectivity index (χ3n) is 6.70. The lowest BCUT2D eigenvalue weighted by molar-refractivity contribution is -0.141. The summed E-state index contributed by atoms with van der Waals surface area (Å²) in [5, 5.41) is 0. The normalized spacial score (nSPS) is 18.7. The van der Waals surface area contributed by atoms with Gasteiger partial charge in [0.05, 0.1) is 32.5 Å². The van der Waals surface area contributed by atoms with Gasteiger partial charge in [-0.05, 0) is 47.4 Å². The Morgan fingerprint density at radius 1 is 0.943 bits per heavy atom. The average Bonchev–Trinajstić information content (AvgIpc) is 2.90. The Balaban J connectivity index is 1.55. The van der Waals surface area contributed by atoms with Gasteiger partial charge >= 0.3 is 0 Å². The molecule has 0 saturated heterocycles. The molecule has 0 unspecified atom stereocenters. The highest BCUT2D eigenvalue weighted by Gasteiger charge is 2.40. The molecule has 0 aliphatic carbocycles. The lowest BCUT2D eigenvalue weighted by Crippen LogP contribution is -2.53. The van der Waals surface area contributed by atoms with Gasteiger partial charge in [0, 0.05) is 13.5 Å². The Bertz CT molecular complexity index is 1260. The zero-order valence-corrected chi connectivity index (χ0v) is 20.1. The van der Waals surface area contributed by atoms with Gasteiger partial charge in [-0.2, -0.15) is 0 Å². The Hall–Kier alpha value is -4.00. The van der Waals surface area contributed by atoms with Crippen LogP contribution in [-0.4, -0.2) is 50.1 Å². The predicted molar refractivity (Wildman–Crippen MR) is 132 cm³/mol. The molecule has 7 heteroatoms. The van der Waals surface area contributed by atoms with E-state index in [1.165, 1.54) is 6.92 Å². The number of hydrogen-bond acceptors (Lipinski definition) is 5. The molecular weight excluding hydrogens is 444 g/mol. The van der Waals surface area contributed by atoms with Gasteiger partial charge in [-0.3, -0.25) is 9.59 Å². The summed E-state index contributed by atoms with van der Waals surface area (Å²) in [5.41, 5.74) is 3.78. The number of rotatable bonds is 4. The summed E-state index contributed by atoms with van der Waals surface area (Å²) < 4.78 is 17.2. The van der Waals surface area contributed by atoms with Gasteiger partial charge in [-0.1, -0.05) is 42.5 Å². The number of methoxy groups -OCH3 is 2. The zero-order valence-electron chi connectivity index (χ0n) is 20.1. The molecule has 3 aromatic rings. The van der Waals surface area contributed by atoms with E-state index in [2.05, 4.69) is 0 Å². The maximum Gasteiger partial charge on any atom is 0.266 e. The van der Waals surface area contributed by atoms with Crippen molar-refractivity contribution < 1.29 is 23.8 Å². The first-order valence-corrected chi connectivity index (χ1v) is 11.7. The molecule has 2 atom stereocenters. The molecule has 2 amide bonds. The monoisotopic (exact) mass is 472 g/mol. The summed E-state index contributed by atoms with van der Waals surface area (Å²) in [4.78, 5) is 29.9. The number of carbonyl (C=O) groups is 2. The number of carbonyl (C=O) groups excluding carboxylic acids is 2. The smallest absolute Gasteiger partial charge is 0.266 e. The summed E-state index contributed by atoms with van der Waals surface area (Å²) in [7, 11) is 3.23. The third kappa shape index (κ3) is 4.07. The van der Waals surface area contributed by atoms with Crippen LogP contribution < -0.4 is 19.1 Å². The third-order valence-corrected chi connectivity index (χ3v) is 6.70. The lowest BCUT2D eigenvalue weighted by Gasteiger charge is -2.41. The van der Waals surface area contributed by atoms with E-state index in [-0.39, 0.29) is 24.4 Å². The van der Waals surface area contributed by atoms with E-state index in [4.69, 9.17) is 14.2 Å². The van der Waals surface area contributed by atoms with Crippen molar-refractivity contribution in [2.24, 2.45) is 0 Å². The quantitative estimate of drug-likeness (QED) is 0.574. The van der Waals surface area contributed by atoms with Gasteiger partial charge in [0.2, 0.25) is 5.91 Å². The fourth-order valence-corrected chi connectivity index (χ4v) is 5.02. The van der Waals surface area contributed by atoms with E-state index in [0.717, 1.165) is 16.7 Å². The van der Waals surface area contributed by atoms with Crippen molar-refractivity contribution in [2.75, 3.05) is 32.2 Å². The second kappa shape index (κ2) is 9.33. The van der Waals surface area contributed by atoms with Crippen molar-refractivity contribution in [2.45, 2.75) is 25.5 Å². The van der Waals surface area contributed by atoms with Gasteiger partial charge < -0.3 is 24.0 Å². The van der Waals surface area contributed by atoms with Gasteiger partial charge in [-0.15, -0.1) is 0 Å². The molecule has 2 heterocycles. The molecule has 35 heavy (non-hydrogen) atoms. The van der Waals surface area contributed by atoms with Crippen LogP contribution in [0.4, 0.5) is 5.69 Å². The number of amides is 2. The van der Waals surface area contributed by atoms with Crippen LogP contribution >= 0.6 is 0 Å². The topological polar surface area (TPSA) is 68.3 Å². The van der Waals surface area contributed by atoms with Crippen molar-refractivity contribution in [3.63, 3.8) is 0 Å². The highest BCUT2D eigenvalue weighted by molar-refractivity contribution is 5.96. The molecule has 5 rings (SSSR count). The minimum absolute atomic E-state index is 0.126. The van der Waals surface area contributed by atoms with Crippen LogP contribution in [0.3, 0.4) is 0 Å². The standard InChI is InChI=1S/C28H28N2O5/c1-18(31)30-17-26(35-23-12-8-7-11-22(23)30)28(32)29-14-13-20-15-24(33-2)25(34-3)16-21(20)27(29)19-9-5-4-6-10-19/h4-12,15-16,26-27H,13-14,17H2,1-3H3/t26-,27-/m0/s1. The zero-order chi connectivity index (χ0) is 24.5. The molecule has 2 aliphatic rings. The second-order valence-corrected chi connectivity index (χ2v) is 8.70. The van der Waals surface area contributed by atoms with E-state index in [1.54, 1.807) is 25.2 Å². The van der Waals surface area contributed by atoms with Gasteiger partial charge in [0.25, 0.3) is 5.91 Å². The Morgan fingerprint density at radius 3 is 2.34 bits per heavy atom. The van der Waals surface area contributed by atoms with Crippen LogP contribution in [0.1, 0.15) is 29.7 Å². The summed E-state index contributed by atoms with van der Waals surface area (Å²) in [6, 6.07) is 20.9. The van der Waals surface area contributed by atoms with Gasteiger partial charge in [0.15, 0.2) is 17.6 Å². The Kier molecular flexibility index (Phi) is 6.07. The van der Waals surface area contributed by atoms with Crippen LogP contribution in [0.5, 0.6) is 17.2 Å². The maximum absolute atomic E-state index is 14.0. The number of fused-ring (bicyclic) bond motifs is 2. The van der Waals surface area contributed by atoms with Crippen LogP contribution in [0.2, 0.25) is 0 Å². The fourth-order valence-electron chi connectivity index (χ4n) is 5.02. The predicted octanol–water partition coefficient (Wildman–Crippen LogP) is 3.99. The Labute approximate surface area is 204 Å². The number of benzene rings is 3. The SMILES string of the molecule is COc1cc2c(cc1OC)[C@H](c1ccccc1)N(C(=O)[C@@H]1CN(C(C)=O)c3ccccc3O1)CC2. The highest BCUT2D eigenvalue weighted by Crippen LogP contribution is 2.42. The number of ether oxygens (including phenoxy) is 3. The fraction of sp³-hybridized carbons (Fsp3) is 0.286. The van der Waals surface area contributed by atoms with E-state index in [9.17, 15) is 9.59 Å². The van der Waals surface area contributed by atoms with Gasteiger partial charge in [-0.25, -0.2) is 0 Å². The van der Waals surface area contributed by atoms with Crippen LogP contribution in [0.25, 0.3) is 0 Å². The maximum atomic E-state index is 14.0. The minimum Gasteiger partial charge on any atom is -0.493 e. The van der Waals surface area contributed by atoms with E-state index in [0.29, 0.717) is 35.9 Å². The number of para-hydroxylation sites is 2. The van der Waals surface area contributed by atoms with E-state index >= 15 is 0 Å². The molecule has 2 aliphatic heterocycles. The molecule has 0 fully saturated rings. The van der Waals surface area contributed by atoms with Crippen molar-refractivity contribution in [3.05, 3.63) is 83.4 Å².